The molecule has 2 saturated heterocycles. The fourth-order valence-corrected chi connectivity index (χ4v) is 3.68. The van der Waals surface area contributed by atoms with Crippen molar-refractivity contribution >= 4 is 5.95 Å². The summed E-state index contributed by atoms with van der Waals surface area (Å²) in [7, 11) is 0. The van der Waals surface area contributed by atoms with Gasteiger partial charge in [0.15, 0.2) is 0 Å². The van der Waals surface area contributed by atoms with E-state index in [0.717, 1.165) is 57.0 Å². The molecule has 6 nitrogen and oxygen atoms in total. The minimum absolute atomic E-state index is 0.270. The molecular formula is C17H21N5O. The van der Waals surface area contributed by atoms with E-state index in [2.05, 4.69) is 24.8 Å². The van der Waals surface area contributed by atoms with Gasteiger partial charge in [-0.05, 0) is 30.7 Å². The molecule has 2 aliphatic heterocycles. The summed E-state index contributed by atoms with van der Waals surface area (Å²) in [6.07, 6.45) is 13.4. The molecule has 23 heavy (non-hydrogen) atoms. The number of hydrogen-bond donors (Lipinski definition) is 0. The molecule has 0 bridgehead atoms. The van der Waals surface area contributed by atoms with Crippen molar-refractivity contribution in [1.82, 2.24) is 19.9 Å². The molecule has 0 aromatic carbocycles. The standard InChI is InChI=1S/C17H21N5O/c1-4-20-16(21-5-1)22-8-2-17(3-9-22)11-15(23-13-17)10-14-12-18-6-7-19-14/h1,4-7,12,15H,2-3,8-11,13H2/t15-/m0/s1. The zero-order valence-electron chi connectivity index (χ0n) is 13.1. The lowest BCUT2D eigenvalue weighted by Crippen LogP contribution is -2.41. The number of ether oxygens (including phenoxy) is 1. The zero-order chi connectivity index (χ0) is 15.5. The van der Waals surface area contributed by atoms with Gasteiger partial charge in [-0.1, -0.05) is 0 Å². The Bertz CT molecular complexity index is 628. The quantitative estimate of drug-likeness (QED) is 0.862. The Morgan fingerprint density at radius 2 is 1.91 bits per heavy atom. The Kier molecular flexibility index (Phi) is 3.91. The van der Waals surface area contributed by atoms with Crippen LogP contribution >= 0.6 is 0 Å². The molecule has 2 fully saturated rings. The molecular weight excluding hydrogens is 290 g/mol. The van der Waals surface area contributed by atoms with E-state index in [0.29, 0.717) is 5.41 Å². The molecule has 2 aromatic heterocycles. The molecule has 6 heteroatoms. The van der Waals surface area contributed by atoms with E-state index in [-0.39, 0.29) is 6.10 Å². The molecule has 0 N–H and O–H groups in total. The molecule has 1 atom stereocenters. The molecule has 2 aliphatic rings. The molecule has 0 saturated carbocycles. The molecule has 2 aromatic rings. The fourth-order valence-electron chi connectivity index (χ4n) is 3.68. The topological polar surface area (TPSA) is 64.0 Å². The Morgan fingerprint density at radius 3 is 2.65 bits per heavy atom. The lowest BCUT2D eigenvalue weighted by molar-refractivity contribution is 0.0880. The van der Waals surface area contributed by atoms with E-state index in [1.54, 1.807) is 12.4 Å². The first-order chi connectivity index (χ1) is 11.3. The summed E-state index contributed by atoms with van der Waals surface area (Å²) in [6, 6.07) is 1.86. The second kappa shape index (κ2) is 6.20. The van der Waals surface area contributed by atoms with Crippen molar-refractivity contribution in [3.05, 3.63) is 42.7 Å². The molecule has 0 aliphatic carbocycles. The third-order valence-electron chi connectivity index (χ3n) is 5.00. The summed E-state index contributed by atoms with van der Waals surface area (Å²) < 4.78 is 6.07. The predicted molar refractivity (Wildman–Crippen MR) is 86.0 cm³/mol. The lowest BCUT2D eigenvalue weighted by Gasteiger charge is -2.38. The van der Waals surface area contributed by atoms with E-state index < -0.39 is 0 Å². The Hall–Kier alpha value is -2.08. The van der Waals surface area contributed by atoms with Crippen LogP contribution in [0.5, 0.6) is 0 Å². The van der Waals surface area contributed by atoms with Gasteiger partial charge < -0.3 is 9.64 Å². The smallest absolute Gasteiger partial charge is 0.225 e. The van der Waals surface area contributed by atoms with Crippen LogP contribution in [-0.2, 0) is 11.2 Å². The van der Waals surface area contributed by atoms with Crippen LogP contribution in [0.3, 0.4) is 0 Å². The van der Waals surface area contributed by atoms with Gasteiger partial charge in [-0.25, -0.2) is 9.97 Å². The number of nitrogens with zero attached hydrogens (tertiary/aromatic N) is 5. The Morgan fingerprint density at radius 1 is 1.09 bits per heavy atom. The largest absolute Gasteiger partial charge is 0.377 e. The van der Waals surface area contributed by atoms with Crippen molar-refractivity contribution in [2.75, 3.05) is 24.6 Å². The molecule has 120 valence electrons. The van der Waals surface area contributed by atoms with Crippen molar-refractivity contribution in [2.24, 2.45) is 5.41 Å². The first-order valence-corrected chi connectivity index (χ1v) is 8.22. The highest BCUT2D eigenvalue weighted by molar-refractivity contribution is 5.29. The van der Waals surface area contributed by atoms with Gasteiger partial charge in [-0.3, -0.25) is 9.97 Å². The van der Waals surface area contributed by atoms with Crippen molar-refractivity contribution in [3.8, 4) is 0 Å². The normalized spacial score (nSPS) is 23.3. The summed E-state index contributed by atoms with van der Waals surface area (Å²) in [6.45, 7) is 2.87. The van der Waals surface area contributed by atoms with Crippen LogP contribution in [0.4, 0.5) is 5.95 Å². The second-order valence-corrected chi connectivity index (χ2v) is 6.57. The molecule has 4 rings (SSSR count). The van der Waals surface area contributed by atoms with Gasteiger partial charge in [0.1, 0.15) is 0 Å². The Labute approximate surface area is 136 Å². The number of aromatic nitrogens is 4. The zero-order valence-corrected chi connectivity index (χ0v) is 13.1. The van der Waals surface area contributed by atoms with Crippen molar-refractivity contribution in [2.45, 2.75) is 31.8 Å². The maximum absolute atomic E-state index is 6.07. The average molecular weight is 311 g/mol. The fraction of sp³-hybridized carbons (Fsp3) is 0.529. The predicted octanol–water partition coefficient (Wildman–Crippen LogP) is 1.88. The van der Waals surface area contributed by atoms with E-state index in [1.807, 2.05) is 24.7 Å². The van der Waals surface area contributed by atoms with Crippen molar-refractivity contribution in [1.29, 1.82) is 0 Å². The molecule has 4 heterocycles. The maximum atomic E-state index is 6.07. The van der Waals surface area contributed by atoms with Gasteiger partial charge in [0.05, 0.1) is 18.4 Å². The molecule has 0 radical (unpaired) electrons. The van der Waals surface area contributed by atoms with Crippen molar-refractivity contribution < 1.29 is 4.74 Å². The number of rotatable bonds is 3. The number of anilines is 1. The van der Waals surface area contributed by atoms with Gasteiger partial charge >= 0.3 is 0 Å². The van der Waals surface area contributed by atoms with Crippen LogP contribution in [0.15, 0.2) is 37.1 Å². The summed E-state index contributed by atoms with van der Waals surface area (Å²) >= 11 is 0. The summed E-state index contributed by atoms with van der Waals surface area (Å²) in [4.78, 5) is 19.5. The van der Waals surface area contributed by atoms with Crippen LogP contribution in [-0.4, -0.2) is 45.7 Å². The van der Waals surface area contributed by atoms with E-state index >= 15 is 0 Å². The maximum Gasteiger partial charge on any atom is 0.225 e. The van der Waals surface area contributed by atoms with E-state index in [9.17, 15) is 0 Å². The van der Waals surface area contributed by atoms with E-state index in [1.165, 1.54) is 0 Å². The third kappa shape index (κ3) is 3.17. The highest BCUT2D eigenvalue weighted by Gasteiger charge is 2.42. The monoisotopic (exact) mass is 311 g/mol. The SMILES string of the molecule is c1cnc(N2CCC3(CC2)CO[C@@H](Cc2cnccn2)C3)nc1. The van der Waals surface area contributed by atoms with Crippen LogP contribution in [0, 0.1) is 5.41 Å². The van der Waals surface area contributed by atoms with Crippen LogP contribution in [0.2, 0.25) is 0 Å². The number of piperidine rings is 1. The summed E-state index contributed by atoms with van der Waals surface area (Å²) in [5.74, 6) is 0.845. The minimum Gasteiger partial charge on any atom is -0.377 e. The highest BCUT2D eigenvalue weighted by atomic mass is 16.5. The van der Waals surface area contributed by atoms with Crippen LogP contribution in [0.25, 0.3) is 0 Å². The van der Waals surface area contributed by atoms with Gasteiger partial charge in [0.25, 0.3) is 0 Å². The van der Waals surface area contributed by atoms with Gasteiger partial charge in [-0.15, -0.1) is 0 Å². The van der Waals surface area contributed by atoms with Crippen LogP contribution < -0.4 is 4.90 Å². The van der Waals surface area contributed by atoms with E-state index in [4.69, 9.17) is 4.74 Å². The lowest BCUT2D eigenvalue weighted by atomic mass is 9.76. The summed E-state index contributed by atoms with van der Waals surface area (Å²) in [5.41, 5.74) is 1.34. The van der Waals surface area contributed by atoms with Gasteiger partial charge in [-0.2, -0.15) is 0 Å². The minimum atomic E-state index is 0.270. The Balaban J connectivity index is 1.35. The van der Waals surface area contributed by atoms with Gasteiger partial charge in [0, 0.05) is 50.5 Å². The van der Waals surface area contributed by atoms with Crippen molar-refractivity contribution in [3.63, 3.8) is 0 Å². The molecule has 0 unspecified atom stereocenters. The third-order valence-corrected chi connectivity index (χ3v) is 5.00. The number of hydrogen-bond acceptors (Lipinski definition) is 6. The first kappa shape index (κ1) is 14.5. The molecule has 1 spiro atoms. The summed E-state index contributed by atoms with van der Waals surface area (Å²) in [5, 5.41) is 0. The second-order valence-electron chi connectivity index (χ2n) is 6.57. The highest BCUT2D eigenvalue weighted by Crippen LogP contribution is 2.42. The molecule has 0 amide bonds. The average Bonchev–Trinajstić information content (AvgIpc) is 2.99. The van der Waals surface area contributed by atoms with Gasteiger partial charge in [0.2, 0.25) is 5.95 Å². The van der Waals surface area contributed by atoms with Crippen LogP contribution in [0.1, 0.15) is 25.0 Å². The first-order valence-electron chi connectivity index (χ1n) is 8.22.